The molecule has 0 bridgehead atoms. The molecule has 1 aliphatic rings. The van der Waals surface area contributed by atoms with Gasteiger partial charge in [-0.3, -0.25) is 4.90 Å². The number of aryl methyl sites for hydroxylation is 1. The summed E-state index contributed by atoms with van der Waals surface area (Å²) in [6, 6.07) is 6.77. The van der Waals surface area contributed by atoms with Gasteiger partial charge in [-0.1, -0.05) is 42.0 Å². The Morgan fingerprint density at radius 2 is 1.85 bits per heavy atom. The molecule has 2 rings (SSSR count). The highest BCUT2D eigenvalue weighted by atomic mass is 16.5. The average molecular weight is 355 g/mol. The molecule has 0 aliphatic carbocycles. The fourth-order valence-corrected chi connectivity index (χ4v) is 2.89. The number of nitrogens with one attached hydrogen (secondary N) is 2. The van der Waals surface area contributed by atoms with Gasteiger partial charge in [-0.2, -0.15) is 0 Å². The van der Waals surface area contributed by atoms with Crippen molar-refractivity contribution in [2.75, 3.05) is 26.7 Å². The largest absolute Gasteiger partial charge is 0.466 e. The topological polar surface area (TPSA) is 70.7 Å². The van der Waals surface area contributed by atoms with Crippen LogP contribution in [0.15, 0.2) is 60.8 Å². The minimum atomic E-state index is -0.568. The molecule has 0 saturated heterocycles. The second-order valence-electron chi connectivity index (χ2n) is 6.10. The molecule has 0 radical (unpaired) electrons. The Morgan fingerprint density at radius 3 is 2.38 bits per heavy atom. The molecule has 6 heteroatoms. The van der Waals surface area contributed by atoms with E-state index in [2.05, 4.69) is 23.8 Å². The summed E-state index contributed by atoms with van der Waals surface area (Å²) in [6.45, 7) is 11.1. The van der Waals surface area contributed by atoms with Crippen molar-refractivity contribution in [2.45, 2.75) is 13.0 Å². The van der Waals surface area contributed by atoms with Crippen LogP contribution in [0.4, 0.5) is 4.79 Å². The molecule has 0 saturated carbocycles. The van der Waals surface area contributed by atoms with Crippen LogP contribution < -0.4 is 10.6 Å². The molecule has 1 heterocycles. The SMILES string of the molecule is C=CCN(CC=C)CC1=C(C(=O)OC)C(c2ccc(C)cc2)NC(=O)N1. The third kappa shape index (κ3) is 4.61. The smallest absolute Gasteiger partial charge is 0.338 e. The standard InChI is InChI=1S/C20H25N3O3/c1-5-11-23(12-6-2)13-16-17(19(24)26-4)18(22-20(25)21-16)15-9-7-14(3)8-10-15/h5-10,18H,1-2,11-13H2,3-4H3,(H2,21,22,25). The number of carbonyl (C=O) groups excluding carboxylic acids is 2. The molecule has 0 aromatic heterocycles. The van der Waals surface area contributed by atoms with Crippen molar-refractivity contribution in [1.82, 2.24) is 15.5 Å². The number of methoxy groups -OCH3 is 1. The lowest BCUT2D eigenvalue weighted by atomic mass is 9.94. The predicted octanol–water partition coefficient (Wildman–Crippen LogP) is 2.45. The number of ether oxygens (including phenoxy) is 1. The number of hydrogen-bond donors (Lipinski definition) is 2. The van der Waals surface area contributed by atoms with Gasteiger partial charge < -0.3 is 15.4 Å². The van der Waals surface area contributed by atoms with E-state index >= 15 is 0 Å². The molecule has 0 fully saturated rings. The van der Waals surface area contributed by atoms with E-state index < -0.39 is 12.0 Å². The maximum atomic E-state index is 12.5. The molecule has 138 valence electrons. The summed E-state index contributed by atoms with van der Waals surface area (Å²) in [5.74, 6) is -0.477. The van der Waals surface area contributed by atoms with Crippen molar-refractivity contribution < 1.29 is 14.3 Å². The number of urea groups is 1. The number of carbonyl (C=O) groups is 2. The fourth-order valence-electron chi connectivity index (χ4n) is 2.89. The second-order valence-corrected chi connectivity index (χ2v) is 6.10. The van der Waals surface area contributed by atoms with Crippen molar-refractivity contribution in [3.05, 3.63) is 72.0 Å². The van der Waals surface area contributed by atoms with Gasteiger partial charge in [0.05, 0.1) is 18.7 Å². The fraction of sp³-hybridized carbons (Fsp3) is 0.300. The average Bonchev–Trinajstić information content (AvgIpc) is 2.61. The molecular formula is C20H25N3O3. The number of benzene rings is 1. The van der Waals surface area contributed by atoms with Crippen molar-refractivity contribution >= 4 is 12.0 Å². The maximum Gasteiger partial charge on any atom is 0.338 e. The molecule has 2 N–H and O–H groups in total. The van der Waals surface area contributed by atoms with Gasteiger partial charge in [0.25, 0.3) is 0 Å². The molecule has 1 aromatic carbocycles. The third-order valence-electron chi connectivity index (χ3n) is 4.13. The van der Waals surface area contributed by atoms with E-state index in [0.717, 1.165) is 11.1 Å². The van der Waals surface area contributed by atoms with Crippen molar-refractivity contribution in [2.24, 2.45) is 0 Å². The molecular weight excluding hydrogens is 330 g/mol. The van der Waals surface area contributed by atoms with E-state index in [1.165, 1.54) is 7.11 Å². The minimum absolute atomic E-state index is 0.351. The first-order chi connectivity index (χ1) is 12.5. The summed E-state index contributed by atoms with van der Waals surface area (Å²) in [4.78, 5) is 26.7. The van der Waals surface area contributed by atoms with Gasteiger partial charge in [0.2, 0.25) is 0 Å². The Bertz CT molecular complexity index is 712. The van der Waals surface area contributed by atoms with Crippen LogP contribution in [0.5, 0.6) is 0 Å². The second kappa shape index (κ2) is 9.01. The molecule has 2 amide bonds. The normalized spacial score (nSPS) is 16.7. The van der Waals surface area contributed by atoms with E-state index in [0.29, 0.717) is 30.9 Å². The van der Waals surface area contributed by atoms with Crippen LogP contribution in [0.3, 0.4) is 0 Å². The lowest BCUT2D eigenvalue weighted by Gasteiger charge is -2.31. The van der Waals surface area contributed by atoms with Crippen LogP contribution >= 0.6 is 0 Å². The van der Waals surface area contributed by atoms with Gasteiger partial charge in [-0.05, 0) is 12.5 Å². The zero-order chi connectivity index (χ0) is 19.1. The van der Waals surface area contributed by atoms with E-state index in [1.807, 2.05) is 36.1 Å². The van der Waals surface area contributed by atoms with Crippen molar-refractivity contribution in [3.8, 4) is 0 Å². The Balaban J connectivity index is 2.47. The van der Waals surface area contributed by atoms with Crippen LogP contribution in [0.2, 0.25) is 0 Å². The number of hydrogen-bond acceptors (Lipinski definition) is 4. The van der Waals surface area contributed by atoms with Crippen LogP contribution in [0.1, 0.15) is 17.2 Å². The van der Waals surface area contributed by atoms with Crippen LogP contribution in [0, 0.1) is 6.92 Å². The van der Waals surface area contributed by atoms with E-state index in [9.17, 15) is 9.59 Å². The Kier molecular flexibility index (Phi) is 6.74. The van der Waals surface area contributed by atoms with Gasteiger partial charge in [-0.25, -0.2) is 9.59 Å². The zero-order valence-electron chi connectivity index (χ0n) is 15.2. The molecule has 1 aliphatic heterocycles. The van der Waals surface area contributed by atoms with Gasteiger partial charge in [0.15, 0.2) is 0 Å². The van der Waals surface area contributed by atoms with Crippen LogP contribution in [-0.2, 0) is 9.53 Å². The number of amides is 2. The quantitative estimate of drug-likeness (QED) is 0.555. The first-order valence-electron chi connectivity index (χ1n) is 8.39. The number of nitrogens with zero attached hydrogens (tertiary/aromatic N) is 1. The monoisotopic (exact) mass is 355 g/mol. The highest BCUT2D eigenvalue weighted by molar-refractivity contribution is 5.95. The summed E-state index contributed by atoms with van der Waals surface area (Å²) in [5.41, 5.74) is 2.84. The van der Waals surface area contributed by atoms with Crippen molar-refractivity contribution in [1.29, 1.82) is 0 Å². The summed E-state index contributed by atoms with van der Waals surface area (Å²) in [5, 5.41) is 5.58. The summed E-state index contributed by atoms with van der Waals surface area (Å²) >= 11 is 0. The van der Waals surface area contributed by atoms with Gasteiger partial charge in [0, 0.05) is 25.3 Å². The Hall–Kier alpha value is -2.86. The molecule has 1 atom stereocenters. The lowest BCUT2D eigenvalue weighted by molar-refractivity contribution is -0.136. The molecule has 1 unspecified atom stereocenters. The summed E-state index contributed by atoms with van der Waals surface area (Å²) < 4.78 is 4.99. The van der Waals surface area contributed by atoms with E-state index in [4.69, 9.17) is 4.74 Å². The van der Waals surface area contributed by atoms with Crippen LogP contribution in [-0.4, -0.2) is 43.6 Å². The summed E-state index contributed by atoms with van der Waals surface area (Å²) in [7, 11) is 1.33. The maximum absolute atomic E-state index is 12.5. The van der Waals surface area contributed by atoms with Crippen molar-refractivity contribution in [3.63, 3.8) is 0 Å². The van der Waals surface area contributed by atoms with Crippen LogP contribution in [0.25, 0.3) is 0 Å². The molecule has 6 nitrogen and oxygen atoms in total. The molecule has 0 spiro atoms. The Morgan fingerprint density at radius 1 is 1.23 bits per heavy atom. The number of rotatable bonds is 8. The van der Waals surface area contributed by atoms with Gasteiger partial charge in [-0.15, -0.1) is 13.2 Å². The zero-order valence-corrected chi connectivity index (χ0v) is 15.2. The van der Waals surface area contributed by atoms with Gasteiger partial charge >= 0.3 is 12.0 Å². The first kappa shape index (κ1) is 19.5. The van der Waals surface area contributed by atoms with E-state index in [1.54, 1.807) is 12.2 Å². The molecule has 26 heavy (non-hydrogen) atoms. The highest BCUT2D eigenvalue weighted by Crippen LogP contribution is 2.28. The lowest BCUT2D eigenvalue weighted by Crippen LogP contribution is -2.48. The highest BCUT2D eigenvalue weighted by Gasteiger charge is 2.33. The van der Waals surface area contributed by atoms with E-state index in [-0.39, 0.29) is 6.03 Å². The van der Waals surface area contributed by atoms with Gasteiger partial charge in [0.1, 0.15) is 0 Å². The minimum Gasteiger partial charge on any atom is -0.466 e. The summed E-state index contributed by atoms with van der Waals surface area (Å²) in [6.07, 6.45) is 3.53. The Labute approximate surface area is 154 Å². The predicted molar refractivity (Wildman–Crippen MR) is 101 cm³/mol. The molecule has 1 aromatic rings. The first-order valence-corrected chi connectivity index (χ1v) is 8.39. The number of esters is 1. The third-order valence-corrected chi connectivity index (χ3v) is 4.13.